The molecule has 0 spiro atoms. The third-order valence-corrected chi connectivity index (χ3v) is 7.43. The van der Waals surface area contributed by atoms with Gasteiger partial charge in [0.25, 0.3) is 5.91 Å². The Bertz CT molecular complexity index is 1540. The molecular weight excluding hydrogens is 450 g/mol. The molecule has 0 saturated carbocycles. The second-order valence-electron chi connectivity index (χ2n) is 7.77. The van der Waals surface area contributed by atoms with E-state index in [4.69, 9.17) is 4.42 Å². The average Bonchev–Trinajstić information content (AvgIpc) is 3.39. The van der Waals surface area contributed by atoms with Crippen LogP contribution in [0.5, 0.6) is 0 Å². The van der Waals surface area contributed by atoms with Crippen LogP contribution in [0.3, 0.4) is 0 Å². The van der Waals surface area contributed by atoms with Gasteiger partial charge < -0.3 is 9.73 Å². The maximum atomic E-state index is 13.5. The fourth-order valence-electron chi connectivity index (χ4n) is 3.92. The minimum atomic E-state index is -4.01. The highest BCUT2D eigenvalue weighted by Gasteiger charge is 2.37. The maximum Gasteiger partial charge on any atom is 0.252 e. The highest BCUT2D eigenvalue weighted by molar-refractivity contribution is 7.91. The summed E-state index contributed by atoms with van der Waals surface area (Å²) in [6.45, 7) is 0.115. The third kappa shape index (κ3) is 3.86. The molecule has 7 heteroatoms. The van der Waals surface area contributed by atoms with Crippen LogP contribution in [0.4, 0.5) is 0 Å². The molecule has 0 unspecified atom stereocenters. The van der Waals surface area contributed by atoms with Crippen molar-refractivity contribution in [2.24, 2.45) is 0 Å². The van der Waals surface area contributed by atoms with E-state index in [0.717, 1.165) is 5.56 Å². The second-order valence-corrected chi connectivity index (χ2v) is 9.66. The van der Waals surface area contributed by atoms with E-state index in [2.05, 4.69) is 5.32 Å². The molecule has 0 fully saturated rings. The van der Waals surface area contributed by atoms with Gasteiger partial charge in [0.15, 0.2) is 5.78 Å². The van der Waals surface area contributed by atoms with E-state index in [-0.39, 0.29) is 33.0 Å². The summed E-state index contributed by atoms with van der Waals surface area (Å²) in [5, 5.41) is 2.68. The predicted molar refractivity (Wildman–Crippen MR) is 127 cm³/mol. The van der Waals surface area contributed by atoms with Crippen LogP contribution in [0.25, 0.3) is 12.2 Å². The standard InChI is InChI=1S/C27H19NO5S/c29-26-21-14-13-19(12-11-18-6-2-1-3-7-18)16-24(21)34(31,32)23-10-4-9-22(25(23)26)27(30)28-17-20-8-5-15-33-20/h1-16H,17H2,(H,28,30)/b12-11+. The summed E-state index contributed by atoms with van der Waals surface area (Å²) in [4.78, 5) is 26.0. The first-order chi connectivity index (χ1) is 16.4. The predicted octanol–water partition coefficient (Wildman–Crippen LogP) is 4.76. The molecule has 4 aromatic rings. The van der Waals surface area contributed by atoms with Crippen LogP contribution in [0.2, 0.25) is 0 Å². The quantitative estimate of drug-likeness (QED) is 0.375. The van der Waals surface area contributed by atoms with E-state index < -0.39 is 21.5 Å². The molecule has 1 N–H and O–H groups in total. The Morgan fingerprint density at radius 2 is 1.65 bits per heavy atom. The van der Waals surface area contributed by atoms with E-state index in [1.165, 1.54) is 36.6 Å². The molecule has 0 radical (unpaired) electrons. The molecule has 1 aliphatic heterocycles. The summed E-state index contributed by atoms with van der Waals surface area (Å²) >= 11 is 0. The minimum Gasteiger partial charge on any atom is -0.467 e. The molecule has 0 bridgehead atoms. The Balaban J connectivity index is 1.51. The topological polar surface area (TPSA) is 93.4 Å². The average molecular weight is 470 g/mol. The van der Waals surface area contributed by atoms with Crippen LogP contribution >= 0.6 is 0 Å². The molecule has 1 aromatic heterocycles. The Hall–Kier alpha value is -4.23. The van der Waals surface area contributed by atoms with Crippen molar-refractivity contribution >= 4 is 33.7 Å². The van der Waals surface area contributed by atoms with E-state index >= 15 is 0 Å². The largest absolute Gasteiger partial charge is 0.467 e. The number of benzene rings is 3. The number of rotatable bonds is 5. The van der Waals surface area contributed by atoms with Gasteiger partial charge in [0.2, 0.25) is 9.84 Å². The maximum absolute atomic E-state index is 13.5. The summed E-state index contributed by atoms with van der Waals surface area (Å²) in [6.07, 6.45) is 5.15. The molecule has 2 heterocycles. The van der Waals surface area contributed by atoms with E-state index in [1.54, 1.807) is 24.3 Å². The van der Waals surface area contributed by atoms with E-state index in [1.807, 2.05) is 36.4 Å². The van der Waals surface area contributed by atoms with Gasteiger partial charge in [-0.05, 0) is 47.5 Å². The summed E-state index contributed by atoms with van der Waals surface area (Å²) in [5.74, 6) is -0.511. The van der Waals surface area contributed by atoms with E-state index in [9.17, 15) is 18.0 Å². The van der Waals surface area contributed by atoms with Crippen molar-refractivity contribution in [2.45, 2.75) is 16.3 Å². The Kier molecular flexibility index (Phi) is 5.47. The molecule has 168 valence electrons. The summed E-state index contributed by atoms with van der Waals surface area (Å²) in [5.41, 5.74) is 1.57. The van der Waals surface area contributed by atoms with Crippen molar-refractivity contribution in [3.05, 3.63) is 119 Å². The normalized spacial score (nSPS) is 13.9. The number of hydrogen-bond donors (Lipinski definition) is 1. The Morgan fingerprint density at radius 3 is 2.41 bits per heavy atom. The van der Waals surface area contributed by atoms with Crippen molar-refractivity contribution in [1.29, 1.82) is 0 Å². The SMILES string of the molecule is O=C(NCc1ccco1)c1cccc2c1C(=O)c1ccc(/C=C/c3ccccc3)cc1S2(=O)=O. The molecule has 6 nitrogen and oxygen atoms in total. The number of nitrogens with one attached hydrogen (secondary N) is 1. The van der Waals surface area contributed by atoms with Crippen molar-refractivity contribution in [3.8, 4) is 0 Å². The van der Waals surface area contributed by atoms with Crippen LogP contribution in [-0.4, -0.2) is 20.1 Å². The number of sulfone groups is 1. The molecule has 5 rings (SSSR count). The lowest BCUT2D eigenvalue weighted by Crippen LogP contribution is -2.28. The van der Waals surface area contributed by atoms with Gasteiger partial charge in [-0.15, -0.1) is 0 Å². The molecule has 0 aliphatic carbocycles. The monoisotopic (exact) mass is 469 g/mol. The second kappa shape index (κ2) is 8.61. The van der Waals surface area contributed by atoms with Crippen molar-refractivity contribution in [2.75, 3.05) is 0 Å². The lowest BCUT2D eigenvalue weighted by atomic mass is 9.96. The zero-order valence-electron chi connectivity index (χ0n) is 17.9. The first-order valence-electron chi connectivity index (χ1n) is 10.6. The van der Waals surface area contributed by atoms with Gasteiger partial charge in [0.05, 0.1) is 33.7 Å². The first kappa shape index (κ1) is 21.6. The van der Waals surface area contributed by atoms with Gasteiger partial charge in [0.1, 0.15) is 5.76 Å². The highest BCUT2D eigenvalue weighted by atomic mass is 32.2. The minimum absolute atomic E-state index is 0.0105. The summed E-state index contributed by atoms with van der Waals surface area (Å²) in [7, 11) is -4.01. The van der Waals surface area contributed by atoms with Crippen molar-refractivity contribution < 1.29 is 22.4 Å². The molecule has 3 aromatic carbocycles. The van der Waals surface area contributed by atoms with E-state index in [0.29, 0.717) is 11.3 Å². The first-order valence-corrected chi connectivity index (χ1v) is 12.0. The number of carbonyl (C=O) groups is 2. The van der Waals surface area contributed by atoms with Crippen molar-refractivity contribution in [1.82, 2.24) is 5.32 Å². The number of hydrogen-bond acceptors (Lipinski definition) is 5. The number of ketones is 1. The van der Waals surface area contributed by atoms with Gasteiger partial charge >= 0.3 is 0 Å². The van der Waals surface area contributed by atoms with Gasteiger partial charge in [-0.2, -0.15) is 0 Å². The summed E-state index contributed by atoms with van der Waals surface area (Å²) in [6, 6.07) is 22.0. The molecule has 1 amide bonds. The van der Waals surface area contributed by atoms with Gasteiger partial charge in [-0.25, -0.2) is 8.42 Å². The summed E-state index contributed by atoms with van der Waals surface area (Å²) < 4.78 is 32.1. The van der Waals surface area contributed by atoms with Gasteiger partial charge in [0, 0.05) is 5.56 Å². The molecule has 1 aliphatic rings. The number of carbonyl (C=O) groups excluding carboxylic acids is 2. The highest BCUT2D eigenvalue weighted by Crippen LogP contribution is 2.36. The van der Waals surface area contributed by atoms with Gasteiger partial charge in [-0.1, -0.05) is 54.6 Å². The Morgan fingerprint density at radius 1 is 0.853 bits per heavy atom. The molecule has 0 saturated heterocycles. The van der Waals surface area contributed by atoms with Crippen LogP contribution in [0, 0.1) is 0 Å². The lowest BCUT2D eigenvalue weighted by molar-refractivity contribution is 0.0935. The number of furan rings is 1. The van der Waals surface area contributed by atoms with Gasteiger partial charge in [-0.3, -0.25) is 9.59 Å². The number of fused-ring (bicyclic) bond motifs is 2. The Labute approximate surface area is 196 Å². The molecular formula is C27H19NO5S. The fraction of sp³-hybridized carbons (Fsp3) is 0.0370. The fourth-order valence-corrected chi connectivity index (χ4v) is 5.62. The zero-order chi connectivity index (χ0) is 23.7. The molecule has 34 heavy (non-hydrogen) atoms. The van der Waals surface area contributed by atoms with Crippen LogP contribution in [0.1, 0.15) is 43.2 Å². The molecule has 0 atom stereocenters. The lowest BCUT2D eigenvalue weighted by Gasteiger charge is -2.21. The van der Waals surface area contributed by atoms with Crippen molar-refractivity contribution in [3.63, 3.8) is 0 Å². The third-order valence-electron chi connectivity index (χ3n) is 5.60. The smallest absolute Gasteiger partial charge is 0.252 e. The van der Waals surface area contributed by atoms with Crippen LogP contribution < -0.4 is 5.32 Å². The zero-order valence-corrected chi connectivity index (χ0v) is 18.7. The van der Waals surface area contributed by atoms with Crippen LogP contribution in [0.15, 0.2) is 99.3 Å². The van der Waals surface area contributed by atoms with Crippen LogP contribution in [-0.2, 0) is 16.4 Å². The number of amides is 1.